The number of likely N-dealkylation sites (tertiary alicyclic amines) is 1. The zero-order valence-corrected chi connectivity index (χ0v) is 13.1. The third kappa shape index (κ3) is 7.41. The Morgan fingerprint density at radius 2 is 1.78 bits per heavy atom. The van der Waals surface area contributed by atoms with Gasteiger partial charge in [-0.3, -0.25) is 4.79 Å². The predicted octanol–water partition coefficient (Wildman–Crippen LogP) is 1.41. The monoisotopic (exact) mass is 299 g/mol. The summed E-state index contributed by atoms with van der Waals surface area (Å²) in [4.78, 5) is 13.9. The summed E-state index contributed by atoms with van der Waals surface area (Å²) in [5, 5.41) is 3.00. The summed E-state index contributed by atoms with van der Waals surface area (Å²) in [7, 11) is 0. The second-order valence-electron chi connectivity index (χ2n) is 5.27. The molecule has 0 aromatic carbocycles. The number of nitrogens with one attached hydrogen (secondary N) is 1. The summed E-state index contributed by atoms with van der Waals surface area (Å²) in [6.07, 6.45) is 2.09. The van der Waals surface area contributed by atoms with Gasteiger partial charge in [0, 0.05) is 25.7 Å². The summed E-state index contributed by atoms with van der Waals surface area (Å²) < 4.78 is 0. The van der Waals surface area contributed by atoms with Gasteiger partial charge in [0.25, 0.3) is 0 Å². The van der Waals surface area contributed by atoms with E-state index in [1.807, 2.05) is 0 Å². The first-order valence-electron chi connectivity index (χ1n) is 6.27. The lowest BCUT2D eigenvalue weighted by atomic mass is 10.0. The molecule has 1 aliphatic heterocycles. The van der Waals surface area contributed by atoms with E-state index in [0.29, 0.717) is 6.04 Å². The molecule has 0 spiro atoms. The van der Waals surface area contributed by atoms with Crippen molar-refractivity contribution in [1.82, 2.24) is 10.2 Å². The Labute approximate surface area is 123 Å². The van der Waals surface area contributed by atoms with E-state index in [2.05, 4.69) is 24.1 Å². The number of hydrogen-bond donors (Lipinski definition) is 2. The lowest BCUT2D eigenvalue weighted by molar-refractivity contribution is -0.123. The summed E-state index contributed by atoms with van der Waals surface area (Å²) in [6.45, 7) is 9.54. The smallest absolute Gasteiger partial charge is 0.236 e. The summed E-state index contributed by atoms with van der Waals surface area (Å²) >= 11 is 0. The fourth-order valence-electron chi connectivity index (χ4n) is 2.11. The van der Waals surface area contributed by atoms with Crippen molar-refractivity contribution in [3.05, 3.63) is 0 Å². The van der Waals surface area contributed by atoms with E-state index < -0.39 is 6.04 Å². The number of rotatable bonds is 4. The van der Waals surface area contributed by atoms with Gasteiger partial charge in [0.2, 0.25) is 5.91 Å². The molecule has 0 bridgehead atoms. The van der Waals surface area contributed by atoms with Crippen molar-refractivity contribution in [3.63, 3.8) is 0 Å². The standard InChI is InChI=1S/C12H25N3O.2ClH/c1-9(2)8-15-6-4-11(5-7-15)14-12(16)10(3)13;;/h9-11H,4-8,13H2,1-3H3,(H,14,16);2*1H. The van der Waals surface area contributed by atoms with Gasteiger partial charge in [0.1, 0.15) is 0 Å². The van der Waals surface area contributed by atoms with Crippen LogP contribution in [0.1, 0.15) is 33.6 Å². The Bertz CT molecular complexity index is 229. The summed E-state index contributed by atoms with van der Waals surface area (Å²) in [6, 6.07) is -0.0735. The molecule has 1 saturated heterocycles. The number of nitrogens with zero attached hydrogens (tertiary/aromatic N) is 1. The third-order valence-corrected chi connectivity index (χ3v) is 2.97. The Morgan fingerprint density at radius 1 is 1.28 bits per heavy atom. The van der Waals surface area contributed by atoms with E-state index in [-0.39, 0.29) is 30.7 Å². The van der Waals surface area contributed by atoms with Gasteiger partial charge in [-0.05, 0) is 25.7 Å². The molecule has 0 aromatic rings. The first-order chi connectivity index (χ1) is 7.49. The van der Waals surface area contributed by atoms with Crippen LogP contribution in [0.4, 0.5) is 0 Å². The van der Waals surface area contributed by atoms with Gasteiger partial charge in [-0.15, -0.1) is 24.8 Å². The van der Waals surface area contributed by atoms with Gasteiger partial charge in [-0.2, -0.15) is 0 Å². The minimum atomic E-state index is -0.395. The molecule has 1 atom stereocenters. The first-order valence-corrected chi connectivity index (χ1v) is 6.27. The van der Waals surface area contributed by atoms with Crippen LogP contribution in [0.2, 0.25) is 0 Å². The Kier molecular flexibility index (Phi) is 11.1. The highest BCUT2D eigenvalue weighted by atomic mass is 35.5. The number of halogens is 2. The Hall–Kier alpha value is -0.0300. The van der Waals surface area contributed by atoms with Crippen LogP contribution in [-0.2, 0) is 4.79 Å². The van der Waals surface area contributed by atoms with E-state index in [1.165, 1.54) is 0 Å². The highest BCUT2D eigenvalue weighted by molar-refractivity contribution is 5.85. The number of hydrogen-bond acceptors (Lipinski definition) is 3. The van der Waals surface area contributed by atoms with E-state index in [0.717, 1.165) is 38.4 Å². The molecule has 1 unspecified atom stereocenters. The molecule has 1 fully saturated rings. The number of nitrogens with two attached hydrogens (primary N) is 1. The molecule has 110 valence electrons. The molecule has 1 heterocycles. The van der Waals surface area contributed by atoms with E-state index >= 15 is 0 Å². The summed E-state index contributed by atoms with van der Waals surface area (Å²) in [5.41, 5.74) is 5.52. The van der Waals surface area contributed by atoms with Crippen LogP contribution in [-0.4, -0.2) is 42.5 Å². The maximum Gasteiger partial charge on any atom is 0.236 e. The van der Waals surface area contributed by atoms with Crippen molar-refractivity contribution in [2.24, 2.45) is 11.7 Å². The molecular weight excluding hydrogens is 273 g/mol. The van der Waals surface area contributed by atoms with Crippen molar-refractivity contribution in [1.29, 1.82) is 0 Å². The van der Waals surface area contributed by atoms with Gasteiger partial charge in [0.05, 0.1) is 6.04 Å². The largest absolute Gasteiger partial charge is 0.352 e. The number of amides is 1. The molecule has 0 aliphatic carbocycles. The van der Waals surface area contributed by atoms with Crippen molar-refractivity contribution >= 4 is 30.7 Å². The van der Waals surface area contributed by atoms with E-state index in [1.54, 1.807) is 6.92 Å². The fourth-order valence-corrected chi connectivity index (χ4v) is 2.11. The molecule has 18 heavy (non-hydrogen) atoms. The molecule has 1 rings (SSSR count). The average Bonchev–Trinajstić information content (AvgIpc) is 2.20. The molecule has 0 radical (unpaired) electrons. The third-order valence-electron chi connectivity index (χ3n) is 2.97. The highest BCUT2D eigenvalue weighted by Gasteiger charge is 2.21. The molecule has 4 nitrogen and oxygen atoms in total. The van der Waals surface area contributed by atoms with Gasteiger partial charge in [-0.25, -0.2) is 0 Å². The molecule has 6 heteroatoms. The van der Waals surface area contributed by atoms with Crippen molar-refractivity contribution < 1.29 is 4.79 Å². The van der Waals surface area contributed by atoms with Crippen LogP contribution < -0.4 is 11.1 Å². The molecular formula is C12H27Cl2N3O. The van der Waals surface area contributed by atoms with E-state index in [4.69, 9.17) is 5.73 Å². The molecule has 1 aliphatic rings. The predicted molar refractivity (Wildman–Crippen MR) is 80.6 cm³/mol. The van der Waals surface area contributed by atoms with Gasteiger partial charge in [-0.1, -0.05) is 13.8 Å². The van der Waals surface area contributed by atoms with Gasteiger partial charge >= 0.3 is 0 Å². The first kappa shape index (κ1) is 20.3. The van der Waals surface area contributed by atoms with Gasteiger partial charge in [0.15, 0.2) is 0 Å². The zero-order chi connectivity index (χ0) is 12.1. The van der Waals surface area contributed by atoms with Crippen LogP contribution in [0.3, 0.4) is 0 Å². The topological polar surface area (TPSA) is 58.4 Å². The van der Waals surface area contributed by atoms with Crippen molar-refractivity contribution in [2.45, 2.75) is 45.7 Å². The maximum absolute atomic E-state index is 11.4. The lowest BCUT2D eigenvalue weighted by Gasteiger charge is -2.33. The maximum atomic E-state index is 11.4. The van der Waals surface area contributed by atoms with Crippen LogP contribution in [0.25, 0.3) is 0 Å². The van der Waals surface area contributed by atoms with E-state index in [9.17, 15) is 4.79 Å². The van der Waals surface area contributed by atoms with Crippen LogP contribution in [0, 0.1) is 5.92 Å². The minimum Gasteiger partial charge on any atom is -0.352 e. The Balaban J connectivity index is 0. The normalized spacial score (nSPS) is 18.7. The number of carbonyl (C=O) groups excluding carboxylic acids is 1. The molecule has 1 amide bonds. The number of carbonyl (C=O) groups is 1. The second kappa shape index (κ2) is 9.84. The van der Waals surface area contributed by atoms with Crippen molar-refractivity contribution in [3.8, 4) is 0 Å². The zero-order valence-electron chi connectivity index (χ0n) is 11.5. The Morgan fingerprint density at radius 3 is 2.17 bits per heavy atom. The quantitative estimate of drug-likeness (QED) is 0.825. The lowest BCUT2D eigenvalue weighted by Crippen LogP contribution is -2.49. The SMILES string of the molecule is CC(C)CN1CCC(NC(=O)C(C)N)CC1.Cl.Cl. The van der Waals surface area contributed by atoms with Crippen molar-refractivity contribution in [2.75, 3.05) is 19.6 Å². The number of piperidine rings is 1. The average molecular weight is 300 g/mol. The second-order valence-corrected chi connectivity index (χ2v) is 5.27. The minimum absolute atomic E-state index is 0. The van der Waals surface area contributed by atoms with Crippen LogP contribution >= 0.6 is 24.8 Å². The molecule has 0 aromatic heterocycles. The highest BCUT2D eigenvalue weighted by Crippen LogP contribution is 2.12. The van der Waals surface area contributed by atoms with Crippen LogP contribution in [0.5, 0.6) is 0 Å². The molecule has 0 saturated carbocycles. The van der Waals surface area contributed by atoms with Gasteiger partial charge < -0.3 is 16.0 Å². The fraction of sp³-hybridized carbons (Fsp3) is 0.917. The van der Waals surface area contributed by atoms with Crippen LogP contribution in [0.15, 0.2) is 0 Å². The molecule has 3 N–H and O–H groups in total. The summed E-state index contributed by atoms with van der Waals surface area (Å²) in [5.74, 6) is 0.692.